The molecular formula is C17H28N2O. The van der Waals surface area contributed by atoms with Crippen molar-refractivity contribution in [3.05, 3.63) is 29.8 Å². The summed E-state index contributed by atoms with van der Waals surface area (Å²) >= 11 is 0. The molecule has 1 N–H and O–H groups in total. The van der Waals surface area contributed by atoms with Crippen LogP contribution in [0.15, 0.2) is 24.3 Å². The van der Waals surface area contributed by atoms with E-state index in [2.05, 4.69) is 30.1 Å². The molecule has 0 saturated carbocycles. The van der Waals surface area contributed by atoms with Gasteiger partial charge < -0.3 is 5.32 Å². The second kappa shape index (κ2) is 9.54. The van der Waals surface area contributed by atoms with Gasteiger partial charge in [-0.2, -0.15) is 0 Å². The Balaban J connectivity index is 2.72. The van der Waals surface area contributed by atoms with E-state index < -0.39 is 0 Å². The van der Waals surface area contributed by atoms with Crippen LogP contribution in [0.25, 0.3) is 0 Å². The molecule has 0 aliphatic heterocycles. The molecule has 0 bridgehead atoms. The van der Waals surface area contributed by atoms with Crippen LogP contribution in [0, 0.1) is 0 Å². The highest BCUT2D eigenvalue weighted by molar-refractivity contribution is 5.89. The predicted octanol–water partition coefficient (Wildman–Crippen LogP) is 4.05. The Morgan fingerprint density at radius 1 is 1.10 bits per heavy atom. The van der Waals surface area contributed by atoms with Gasteiger partial charge in [-0.1, -0.05) is 44.9 Å². The zero-order chi connectivity index (χ0) is 14.8. The van der Waals surface area contributed by atoms with Crippen molar-refractivity contribution in [2.75, 3.05) is 18.4 Å². The van der Waals surface area contributed by atoms with Gasteiger partial charge in [-0.05, 0) is 37.6 Å². The standard InChI is InChI=1S/C17H28N2O/c1-4-6-12-19(13-7-5-2)14-16-10-8-9-11-17(16)18-15(3)20/h8-11H,4-7,12-14H2,1-3H3,(H,18,20). The lowest BCUT2D eigenvalue weighted by atomic mass is 10.1. The van der Waals surface area contributed by atoms with Crippen LogP contribution in [0.2, 0.25) is 0 Å². The number of unbranched alkanes of at least 4 members (excludes halogenated alkanes) is 2. The normalized spacial score (nSPS) is 10.8. The molecular weight excluding hydrogens is 248 g/mol. The van der Waals surface area contributed by atoms with Gasteiger partial charge >= 0.3 is 0 Å². The summed E-state index contributed by atoms with van der Waals surface area (Å²) in [6.45, 7) is 9.18. The predicted molar refractivity (Wildman–Crippen MR) is 85.8 cm³/mol. The number of anilines is 1. The highest BCUT2D eigenvalue weighted by atomic mass is 16.1. The quantitative estimate of drug-likeness (QED) is 0.738. The summed E-state index contributed by atoms with van der Waals surface area (Å²) in [4.78, 5) is 13.8. The minimum Gasteiger partial charge on any atom is -0.326 e. The van der Waals surface area contributed by atoms with Crippen LogP contribution < -0.4 is 5.32 Å². The minimum absolute atomic E-state index is 0.00823. The molecule has 0 aliphatic rings. The number of benzene rings is 1. The number of amides is 1. The maximum absolute atomic E-state index is 11.3. The Hall–Kier alpha value is -1.35. The SMILES string of the molecule is CCCCN(CCCC)Cc1ccccc1NC(C)=O. The second-order valence-electron chi connectivity index (χ2n) is 5.32. The van der Waals surface area contributed by atoms with Gasteiger partial charge in [0.1, 0.15) is 0 Å². The number of carbonyl (C=O) groups is 1. The first-order chi connectivity index (χ1) is 9.67. The molecule has 3 nitrogen and oxygen atoms in total. The van der Waals surface area contributed by atoms with E-state index in [0.29, 0.717) is 0 Å². The number of nitrogens with zero attached hydrogens (tertiary/aromatic N) is 1. The lowest BCUT2D eigenvalue weighted by Gasteiger charge is -2.23. The van der Waals surface area contributed by atoms with Gasteiger partial charge in [-0.15, -0.1) is 0 Å². The molecule has 112 valence electrons. The van der Waals surface area contributed by atoms with E-state index in [1.54, 1.807) is 6.92 Å². The lowest BCUT2D eigenvalue weighted by Crippen LogP contribution is -2.26. The van der Waals surface area contributed by atoms with Crippen LogP contribution in [0.1, 0.15) is 52.0 Å². The van der Waals surface area contributed by atoms with Crippen molar-refractivity contribution in [3.8, 4) is 0 Å². The Bertz CT molecular complexity index is 396. The van der Waals surface area contributed by atoms with Gasteiger partial charge in [-0.25, -0.2) is 0 Å². The third-order valence-corrected chi connectivity index (χ3v) is 3.38. The van der Waals surface area contributed by atoms with Crippen LogP contribution in [0.5, 0.6) is 0 Å². The van der Waals surface area contributed by atoms with E-state index in [1.807, 2.05) is 18.2 Å². The van der Waals surface area contributed by atoms with Gasteiger partial charge in [-0.3, -0.25) is 9.69 Å². The van der Waals surface area contributed by atoms with Gasteiger partial charge in [0.15, 0.2) is 0 Å². The van der Waals surface area contributed by atoms with Crippen molar-refractivity contribution in [2.24, 2.45) is 0 Å². The third kappa shape index (κ3) is 6.20. The molecule has 3 heteroatoms. The summed E-state index contributed by atoms with van der Waals surface area (Å²) in [5, 5.41) is 2.93. The summed E-state index contributed by atoms with van der Waals surface area (Å²) in [6, 6.07) is 8.10. The number of hydrogen-bond donors (Lipinski definition) is 1. The van der Waals surface area contributed by atoms with Crippen LogP contribution >= 0.6 is 0 Å². The van der Waals surface area contributed by atoms with E-state index >= 15 is 0 Å². The first-order valence-corrected chi connectivity index (χ1v) is 7.75. The molecule has 0 heterocycles. The van der Waals surface area contributed by atoms with E-state index in [-0.39, 0.29) is 5.91 Å². The highest BCUT2D eigenvalue weighted by Gasteiger charge is 2.09. The van der Waals surface area contributed by atoms with Gasteiger partial charge in [0.2, 0.25) is 5.91 Å². The Morgan fingerprint density at radius 3 is 2.25 bits per heavy atom. The zero-order valence-corrected chi connectivity index (χ0v) is 13.1. The minimum atomic E-state index is -0.00823. The summed E-state index contributed by atoms with van der Waals surface area (Å²) in [5.74, 6) is -0.00823. The van der Waals surface area contributed by atoms with Crippen molar-refractivity contribution in [1.82, 2.24) is 4.90 Å². The van der Waals surface area contributed by atoms with E-state index in [4.69, 9.17) is 0 Å². The summed E-state index contributed by atoms with van der Waals surface area (Å²) in [7, 11) is 0. The number of rotatable bonds is 9. The second-order valence-corrected chi connectivity index (χ2v) is 5.32. The number of para-hydroxylation sites is 1. The van der Waals surface area contributed by atoms with Crippen molar-refractivity contribution >= 4 is 11.6 Å². The average molecular weight is 276 g/mol. The Morgan fingerprint density at radius 2 is 1.70 bits per heavy atom. The van der Waals surface area contributed by atoms with E-state index in [0.717, 1.165) is 25.3 Å². The van der Waals surface area contributed by atoms with Crippen molar-refractivity contribution in [3.63, 3.8) is 0 Å². The number of nitrogens with one attached hydrogen (secondary N) is 1. The summed E-state index contributed by atoms with van der Waals surface area (Å²) < 4.78 is 0. The van der Waals surface area contributed by atoms with Crippen LogP contribution in [-0.4, -0.2) is 23.9 Å². The molecule has 1 aromatic carbocycles. The molecule has 1 rings (SSSR count). The van der Waals surface area contributed by atoms with Gasteiger partial charge in [0, 0.05) is 19.2 Å². The molecule has 0 aliphatic carbocycles. The maximum atomic E-state index is 11.3. The first-order valence-electron chi connectivity index (χ1n) is 7.75. The van der Waals surface area contributed by atoms with Crippen LogP contribution in [0.4, 0.5) is 5.69 Å². The third-order valence-electron chi connectivity index (χ3n) is 3.38. The first kappa shape index (κ1) is 16.7. The lowest BCUT2D eigenvalue weighted by molar-refractivity contribution is -0.114. The molecule has 0 aromatic heterocycles. The van der Waals surface area contributed by atoms with E-state index in [1.165, 1.54) is 31.2 Å². The molecule has 20 heavy (non-hydrogen) atoms. The Kier molecular flexibility index (Phi) is 7.97. The largest absolute Gasteiger partial charge is 0.326 e. The Labute approximate surface area is 123 Å². The van der Waals surface area contributed by atoms with Crippen molar-refractivity contribution in [1.29, 1.82) is 0 Å². The maximum Gasteiger partial charge on any atom is 0.221 e. The fraction of sp³-hybridized carbons (Fsp3) is 0.588. The monoisotopic (exact) mass is 276 g/mol. The number of hydrogen-bond acceptors (Lipinski definition) is 2. The molecule has 1 amide bonds. The highest BCUT2D eigenvalue weighted by Crippen LogP contribution is 2.18. The van der Waals surface area contributed by atoms with Crippen molar-refractivity contribution < 1.29 is 4.79 Å². The summed E-state index contributed by atoms with van der Waals surface area (Å²) in [5.41, 5.74) is 2.15. The van der Waals surface area contributed by atoms with Crippen LogP contribution in [-0.2, 0) is 11.3 Å². The summed E-state index contributed by atoms with van der Waals surface area (Å²) in [6.07, 6.45) is 4.89. The van der Waals surface area contributed by atoms with E-state index in [9.17, 15) is 4.79 Å². The molecule has 0 saturated heterocycles. The fourth-order valence-electron chi connectivity index (χ4n) is 2.24. The molecule has 0 fully saturated rings. The zero-order valence-electron chi connectivity index (χ0n) is 13.1. The molecule has 0 atom stereocenters. The van der Waals surface area contributed by atoms with Gasteiger partial charge in [0.25, 0.3) is 0 Å². The molecule has 0 unspecified atom stereocenters. The fourth-order valence-corrected chi connectivity index (χ4v) is 2.24. The van der Waals surface area contributed by atoms with Crippen molar-refractivity contribution in [2.45, 2.75) is 53.0 Å². The van der Waals surface area contributed by atoms with Gasteiger partial charge in [0.05, 0.1) is 0 Å². The molecule has 0 spiro atoms. The number of carbonyl (C=O) groups excluding carboxylic acids is 1. The molecule has 0 radical (unpaired) electrons. The topological polar surface area (TPSA) is 32.3 Å². The molecule has 1 aromatic rings. The smallest absolute Gasteiger partial charge is 0.221 e. The average Bonchev–Trinajstić information content (AvgIpc) is 2.43. The van der Waals surface area contributed by atoms with Crippen LogP contribution in [0.3, 0.4) is 0 Å².